The Morgan fingerprint density at radius 2 is 2.10 bits per heavy atom. The molecule has 1 aliphatic heterocycles. The lowest BCUT2D eigenvalue weighted by atomic mass is 9.98. The average molecular weight is 412 g/mol. The molecule has 1 amide bonds. The number of piperidine rings is 1. The van der Waals surface area contributed by atoms with E-state index in [1.165, 1.54) is 0 Å². The number of rotatable bonds is 6. The van der Waals surface area contributed by atoms with Crippen LogP contribution in [0, 0.1) is 12.8 Å². The number of hydrogen-bond donors (Lipinski definition) is 1. The second-order valence-corrected chi connectivity index (χ2v) is 7.38. The molecule has 1 aromatic carbocycles. The smallest absolute Gasteiger partial charge is 0.281 e. The lowest BCUT2D eigenvalue weighted by Crippen LogP contribution is -2.43. The number of nitrogens with zero attached hydrogens (tertiary/aromatic N) is 5. The number of likely N-dealkylation sites (tertiary alicyclic amines) is 1. The largest absolute Gasteiger partial charge is 0.493 e. The van der Waals surface area contributed by atoms with Crippen molar-refractivity contribution in [3.63, 3.8) is 0 Å². The highest BCUT2D eigenvalue weighted by molar-refractivity contribution is 5.78. The van der Waals surface area contributed by atoms with Crippen LogP contribution in [0.3, 0.4) is 0 Å². The maximum atomic E-state index is 12.7. The molecule has 0 spiro atoms. The number of aromatic nitrogens is 5. The molecule has 0 unspecified atom stereocenters. The molecule has 3 aromatic rings. The van der Waals surface area contributed by atoms with Crippen molar-refractivity contribution in [1.29, 1.82) is 0 Å². The minimum absolute atomic E-state index is 0.0462. The van der Waals surface area contributed by atoms with Crippen molar-refractivity contribution < 1.29 is 14.3 Å². The fourth-order valence-corrected chi connectivity index (χ4v) is 3.75. The van der Waals surface area contributed by atoms with E-state index in [-0.39, 0.29) is 29.5 Å². The molecule has 1 atom stereocenters. The summed E-state index contributed by atoms with van der Waals surface area (Å²) in [6, 6.07) is 7.25. The van der Waals surface area contributed by atoms with Gasteiger partial charge in [0.2, 0.25) is 0 Å². The number of carbonyl (C=O) groups is 1. The number of para-hydroxylation sites is 2. The van der Waals surface area contributed by atoms with E-state index in [0.717, 1.165) is 12.8 Å². The van der Waals surface area contributed by atoms with E-state index in [4.69, 9.17) is 9.47 Å². The van der Waals surface area contributed by atoms with Crippen LogP contribution in [-0.2, 0) is 11.3 Å². The Hall–Kier alpha value is -3.43. The standard InChI is InChI=1S/C20H24N6O4/c1-13-21-19-18(20(28)22-13)23-24-26(19)11-14-6-5-9-25(10-14)17(27)12-30-16-8-4-3-7-15(16)29-2/h3-4,7-8,14H,5-6,9-12H2,1-2H3,(H,21,22,28)/t14-/m1/s1. The summed E-state index contributed by atoms with van der Waals surface area (Å²) in [5.74, 6) is 1.78. The second-order valence-electron chi connectivity index (χ2n) is 7.38. The fraction of sp³-hybridized carbons (Fsp3) is 0.450. The molecule has 158 valence electrons. The summed E-state index contributed by atoms with van der Waals surface area (Å²) in [6.45, 7) is 3.51. The number of hydrogen-bond acceptors (Lipinski definition) is 7. The Kier molecular flexibility index (Phi) is 5.64. The normalized spacial score (nSPS) is 16.6. The summed E-state index contributed by atoms with van der Waals surface area (Å²) in [7, 11) is 1.57. The van der Waals surface area contributed by atoms with Crippen molar-refractivity contribution in [2.45, 2.75) is 26.3 Å². The van der Waals surface area contributed by atoms with Gasteiger partial charge in [0.1, 0.15) is 5.82 Å². The van der Waals surface area contributed by atoms with E-state index >= 15 is 0 Å². The number of amides is 1. The molecular weight excluding hydrogens is 388 g/mol. The van der Waals surface area contributed by atoms with Crippen LogP contribution >= 0.6 is 0 Å². The molecule has 3 heterocycles. The van der Waals surface area contributed by atoms with E-state index in [9.17, 15) is 9.59 Å². The number of benzene rings is 1. The first-order chi connectivity index (χ1) is 14.5. The maximum absolute atomic E-state index is 12.7. The van der Waals surface area contributed by atoms with Crippen LogP contribution < -0.4 is 15.0 Å². The van der Waals surface area contributed by atoms with Gasteiger partial charge in [0.05, 0.1) is 7.11 Å². The summed E-state index contributed by atoms with van der Waals surface area (Å²) >= 11 is 0. The molecule has 1 saturated heterocycles. The molecule has 1 fully saturated rings. The van der Waals surface area contributed by atoms with Crippen molar-refractivity contribution in [1.82, 2.24) is 29.9 Å². The topological polar surface area (TPSA) is 115 Å². The third-order valence-electron chi connectivity index (χ3n) is 5.22. The molecule has 4 rings (SSSR count). The van der Waals surface area contributed by atoms with Crippen molar-refractivity contribution in [2.75, 3.05) is 26.8 Å². The number of methoxy groups -OCH3 is 1. The van der Waals surface area contributed by atoms with Crippen LogP contribution in [0.5, 0.6) is 11.5 Å². The zero-order chi connectivity index (χ0) is 21.1. The quantitative estimate of drug-likeness (QED) is 0.646. The highest BCUT2D eigenvalue weighted by Crippen LogP contribution is 2.26. The van der Waals surface area contributed by atoms with E-state index in [1.54, 1.807) is 30.8 Å². The fourth-order valence-electron chi connectivity index (χ4n) is 3.75. The summed E-state index contributed by atoms with van der Waals surface area (Å²) < 4.78 is 12.6. The summed E-state index contributed by atoms with van der Waals surface area (Å²) in [4.78, 5) is 33.5. The molecule has 10 nitrogen and oxygen atoms in total. The Bertz CT molecular complexity index is 1110. The number of nitrogens with one attached hydrogen (secondary N) is 1. The van der Waals surface area contributed by atoms with Gasteiger partial charge in [-0.25, -0.2) is 9.67 Å². The van der Waals surface area contributed by atoms with Crippen LogP contribution in [0.2, 0.25) is 0 Å². The molecule has 2 aromatic heterocycles. The third kappa shape index (κ3) is 4.12. The monoisotopic (exact) mass is 412 g/mol. The lowest BCUT2D eigenvalue weighted by Gasteiger charge is -2.32. The predicted octanol–water partition coefficient (Wildman–Crippen LogP) is 1.15. The average Bonchev–Trinajstić information content (AvgIpc) is 3.15. The van der Waals surface area contributed by atoms with E-state index in [1.807, 2.05) is 17.0 Å². The Labute approximate surface area is 172 Å². The van der Waals surface area contributed by atoms with Gasteiger partial charge < -0.3 is 19.4 Å². The van der Waals surface area contributed by atoms with Crippen molar-refractivity contribution >= 4 is 17.1 Å². The number of fused-ring (bicyclic) bond motifs is 1. The van der Waals surface area contributed by atoms with Gasteiger partial charge in [-0.3, -0.25) is 9.59 Å². The molecule has 30 heavy (non-hydrogen) atoms. The first-order valence-electron chi connectivity index (χ1n) is 9.89. The van der Waals surface area contributed by atoms with Crippen molar-refractivity contribution in [2.24, 2.45) is 5.92 Å². The number of aryl methyl sites for hydroxylation is 1. The van der Waals surface area contributed by atoms with E-state index in [2.05, 4.69) is 20.3 Å². The first kappa shape index (κ1) is 19.9. The summed E-state index contributed by atoms with van der Waals surface area (Å²) in [5, 5.41) is 8.05. The van der Waals surface area contributed by atoms with Crippen LogP contribution in [-0.4, -0.2) is 62.6 Å². The minimum atomic E-state index is -0.294. The second kappa shape index (κ2) is 8.52. The minimum Gasteiger partial charge on any atom is -0.493 e. The van der Waals surface area contributed by atoms with Gasteiger partial charge in [-0.05, 0) is 37.8 Å². The van der Waals surface area contributed by atoms with Gasteiger partial charge in [0.25, 0.3) is 11.5 Å². The van der Waals surface area contributed by atoms with Gasteiger partial charge in [0, 0.05) is 19.6 Å². The molecular formula is C20H24N6O4. The van der Waals surface area contributed by atoms with E-state index < -0.39 is 0 Å². The predicted molar refractivity (Wildman–Crippen MR) is 108 cm³/mol. The van der Waals surface area contributed by atoms with Crippen molar-refractivity contribution in [3.05, 3.63) is 40.4 Å². The van der Waals surface area contributed by atoms with Crippen LogP contribution in [0.1, 0.15) is 18.7 Å². The third-order valence-corrected chi connectivity index (χ3v) is 5.22. The van der Waals surface area contributed by atoms with Crippen LogP contribution in [0.25, 0.3) is 11.2 Å². The Morgan fingerprint density at radius 1 is 1.30 bits per heavy atom. The van der Waals surface area contributed by atoms with Gasteiger partial charge in [-0.15, -0.1) is 5.10 Å². The number of ether oxygens (including phenoxy) is 2. The molecule has 1 aliphatic rings. The van der Waals surface area contributed by atoms with Crippen molar-refractivity contribution in [3.8, 4) is 11.5 Å². The number of aromatic amines is 1. The molecule has 1 N–H and O–H groups in total. The van der Waals surface area contributed by atoms with E-state index in [0.29, 0.717) is 42.6 Å². The van der Waals surface area contributed by atoms with Gasteiger partial charge in [-0.2, -0.15) is 0 Å². The maximum Gasteiger partial charge on any atom is 0.281 e. The Balaban J connectivity index is 1.40. The molecule has 0 bridgehead atoms. The van der Waals surface area contributed by atoms with Gasteiger partial charge >= 0.3 is 0 Å². The first-order valence-corrected chi connectivity index (χ1v) is 9.89. The summed E-state index contributed by atoms with van der Waals surface area (Å²) in [6.07, 6.45) is 1.85. The highest BCUT2D eigenvalue weighted by Gasteiger charge is 2.25. The lowest BCUT2D eigenvalue weighted by molar-refractivity contribution is -0.135. The number of H-pyrrole nitrogens is 1. The van der Waals surface area contributed by atoms with Crippen LogP contribution in [0.15, 0.2) is 29.1 Å². The number of carbonyl (C=O) groups excluding carboxylic acids is 1. The SMILES string of the molecule is COc1ccccc1OCC(=O)N1CCC[C@@H](Cn2nnc3c(=O)[nH]c(C)nc32)C1. The molecule has 0 radical (unpaired) electrons. The summed E-state index contributed by atoms with van der Waals surface area (Å²) in [5.41, 5.74) is 0.409. The Morgan fingerprint density at radius 3 is 2.90 bits per heavy atom. The highest BCUT2D eigenvalue weighted by atomic mass is 16.5. The van der Waals surface area contributed by atoms with Gasteiger partial charge in [-0.1, -0.05) is 17.3 Å². The molecule has 10 heteroatoms. The molecule has 0 saturated carbocycles. The molecule has 0 aliphatic carbocycles. The zero-order valence-corrected chi connectivity index (χ0v) is 17.0. The zero-order valence-electron chi connectivity index (χ0n) is 17.0. The van der Waals surface area contributed by atoms with Gasteiger partial charge in [0.15, 0.2) is 29.3 Å². The van der Waals surface area contributed by atoms with Crippen LogP contribution in [0.4, 0.5) is 0 Å².